The summed E-state index contributed by atoms with van der Waals surface area (Å²) >= 11 is 0. The number of benzene rings is 1. The van der Waals surface area contributed by atoms with E-state index >= 15 is 0 Å². The van der Waals surface area contributed by atoms with Crippen LogP contribution in [0.15, 0.2) is 36.4 Å². The molecule has 1 fully saturated rings. The smallest absolute Gasteiger partial charge is 0.409 e. The number of aromatic nitrogens is 2. The molecule has 0 radical (unpaired) electrons. The number of rotatable bonds is 10. The molecule has 1 aliphatic rings. The Balaban J connectivity index is 1.87. The van der Waals surface area contributed by atoms with Gasteiger partial charge in [-0.25, -0.2) is 14.8 Å². The van der Waals surface area contributed by atoms with Gasteiger partial charge in [-0.15, -0.1) is 0 Å². The molecule has 3 amide bonds. The molecular formula is C31H43N5O7. The second-order valence-corrected chi connectivity index (χ2v) is 12.0. The topological polar surface area (TPSA) is 151 Å². The number of esters is 1. The van der Waals surface area contributed by atoms with Crippen LogP contribution in [0.25, 0.3) is 11.4 Å². The summed E-state index contributed by atoms with van der Waals surface area (Å²) in [6.45, 7) is 11.7. The molecule has 1 aromatic carbocycles. The molecule has 1 aliphatic heterocycles. The zero-order chi connectivity index (χ0) is 31.8. The molecule has 1 saturated heterocycles. The Morgan fingerprint density at radius 1 is 0.977 bits per heavy atom. The SMILES string of the molecule is CCOC(=O)N1CCN(C(=O)C(CCC(=O)OC(C)(C)C)NC(=O)c2cc(C(C)(C)CO)nc(-c3ccccc3)n2)CC1. The molecular weight excluding hydrogens is 554 g/mol. The van der Waals surface area contributed by atoms with E-state index in [-0.39, 0.29) is 63.8 Å². The zero-order valence-corrected chi connectivity index (χ0v) is 25.9. The van der Waals surface area contributed by atoms with Gasteiger partial charge < -0.3 is 29.7 Å². The Morgan fingerprint density at radius 2 is 1.60 bits per heavy atom. The van der Waals surface area contributed by atoms with Gasteiger partial charge in [-0.2, -0.15) is 0 Å². The Hall–Kier alpha value is -4.06. The highest BCUT2D eigenvalue weighted by Crippen LogP contribution is 2.25. The largest absolute Gasteiger partial charge is 0.460 e. The molecule has 234 valence electrons. The van der Waals surface area contributed by atoms with Crippen LogP contribution in [-0.2, 0) is 24.5 Å². The number of ether oxygens (including phenoxy) is 2. The number of nitrogens with one attached hydrogen (secondary N) is 1. The van der Waals surface area contributed by atoms with Crippen molar-refractivity contribution in [3.8, 4) is 11.4 Å². The predicted octanol–water partition coefficient (Wildman–Crippen LogP) is 2.93. The minimum atomic E-state index is -1.06. The maximum atomic E-state index is 13.7. The summed E-state index contributed by atoms with van der Waals surface area (Å²) in [5.41, 5.74) is -0.308. The fourth-order valence-corrected chi connectivity index (χ4v) is 4.40. The lowest BCUT2D eigenvalue weighted by Gasteiger charge is -2.36. The molecule has 2 N–H and O–H groups in total. The van der Waals surface area contributed by atoms with Crippen molar-refractivity contribution in [1.29, 1.82) is 0 Å². The zero-order valence-electron chi connectivity index (χ0n) is 25.9. The van der Waals surface area contributed by atoms with E-state index in [0.29, 0.717) is 17.1 Å². The van der Waals surface area contributed by atoms with Crippen molar-refractivity contribution in [1.82, 2.24) is 25.1 Å². The third-order valence-electron chi connectivity index (χ3n) is 6.86. The molecule has 2 aromatic rings. The Kier molecular flexibility index (Phi) is 11.2. The van der Waals surface area contributed by atoms with E-state index < -0.39 is 35.0 Å². The van der Waals surface area contributed by atoms with Crippen molar-refractivity contribution < 1.29 is 33.8 Å². The number of piperazine rings is 1. The van der Waals surface area contributed by atoms with Gasteiger partial charge in [0.1, 0.15) is 17.3 Å². The summed E-state index contributed by atoms with van der Waals surface area (Å²) in [6, 6.07) is 9.59. The Bertz CT molecular complexity index is 1290. The first kappa shape index (κ1) is 33.4. The number of hydrogen-bond acceptors (Lipinski definition) is 9. The summed E-state index contributed by atoms with van der Waals surface area (Å²) in [5.74, 6) is -1.19. The molecule has 3 rings (SSSR count). The van der Waals surface area contributed by atoms with Crippen LogP contribution in [0.4, 0.5) is 4.79 Å². The number of amides is 3. The molecule has 1 aromatic heterocycles. The van der Waals surface area contributed by atoms with Crippen LogP contribution in [0.1, 0.15) is 70.6 Å². The first-order chi connectivity index (χ1) is 20.2. The highest BCUT2D eigenvalue weighted by Gasteiger charge is 2.32. The van der Waals surface area contributed by atoms with Crippen LogP contribution in [0.3, 0.4) is 0 Å². The van der Waals surface area contributed by atoms with Crippen molar-refractivity contribution in [2.75, 3.05) is 39.4 Å². The van der Waals surface area contributed by atoms with Crippen LogP contribution in [0.5, 0.6) is 0 Å². The molecule has 43 heavy (non-hydrogen) atoms. The van der Waals surface area contributed by atoms with Crippen molar-refractivity contribution in [3.63, 3.8) is 0 Å². The fraction of sp³-hybridized carbons (Fsp3) is 0.548. The van der Waals surface area contributed by atoms with Gasteiger partial charge >= 0.3 is 12.1 Å². The monoisotopic (exact) mass is 597 g/mol. The van der Waals surface area contributed by atoms with Gasteiger partial charge in [0.2, 0.25) is 5.91 Å². The number of carbonyl (C=O) groups is 4. The number of aliphatic hydroxyl groups excluding tert-OH is 1. The van der Waals surface area contributed by atoms with Crippen molar-refractivity contribution in [2.45, 2.75) is 71.4 Å². The lowest BCUT2D eigenvalue weighted by atomic mass is 9.89. The Labute approximate surface area is 252 Å². The van der Waals surface area contributed by atoms with E-state index in [0.717, 1.165) is 0 Å². The van der Waals surface area contributed by atoms with Crippen molar-refractivity contribution >= 4 is 23.9 Å². The van der Waals surface area contributed by atoms with Gasteiger partial charge in [-0.1, -0.05) is 44.2 Å². The van der Waals surface area contributed by atoms with E-state index in [9.17, 15) is 24.3 Å². The summed E-state index contributed by atoms with van der Waals surface area (Å²) < 4.78 is 10.5. The minimum absolute atomic E-state index is 0.00317. The average molecular weight is 598 g/mol. The van der Waals surface area contributed by atoms with Crippen LogP contribution in [-0.4, -0.2) is 99.8 Å². The number of nitrogens with zero attached hydrogens (tertiary/aromatic N) is 4. The van der Waals surface area contributed by atoms with E-state index in [4.69, 9.17) is 9.47 Å². The van der Waals surface area contributed by atoms with E-state index in [1.165, 1.54) is 11.0 Å². The highest BCUT2D eigenvalue weighted by atomic mass is 16.6. The highest BCUT2D eigenvalue weighted by molar-refractivity contribution is 5.96. The third kappa shape index (κ3) is 9.47. The lowest BCUT2D eigenvalue weighted by Crippen LogP contribution is -2.56. The van der Waals surface area contributed by atoms with Crippen molar-refractivity contribution in [3.05, 3.63) is 47.8 Å². The molecule has 0 bridgehead atoms. The van der Waals surface area contributed by atoms with Gasteiger partial charge in [0, 0.05) is 43.6 Å². The van der Waals surface area contributed by atoms with E-state index in [2.05, 4.69) is 15.3 Å². The number of aliphatic hydroxyl groups is 1. The average Bonchev–Trinajstić information content (AvgIpc) is 2.98. The maximum absolute atomic E-state index is 13.7. The van der Waals surface area contributed by atoms with Gasteiger partial charge in [0.15, 0.2) is 5.82 Å². The van der Waals surface area contributed by atoms with Gasteiger partial charge in [-0.3, -0.25) is 14.4 Å². The molecule has 12 heteroatoms. The van der Waals surface area contributed by atoms with Gasteiger partial charge in [-0.05, 0) is 40.2 Å². The van der Waals surface area contributed by atoms with Crippen LogP contribution >= 0.6 is 0 Å². The molecule has 0 saturated carbocycles. The number of hydrogen-bond donors (Lipinski definition) is 2. The molecule has 0 spiro atoms. The quantitative estimate of drug-likeness (QED) is 0.394. The molecule has 0 aliphatic carbocycles. The first-order valence-corrected chi connectivity index (χ1v) is 14.5. The summed E-state index contributed by atoms with van der Waals surface area (Å²) in [5, 5.41) is 12.8. The van der Waals surface area contributed by atoms with Crippen LogP contribution in [0.2, 0.25) is 0 Å². The molecule has 2 heterocycles. The maximum Gasteiger partial charge on any atom is 0.409 e. The number of carbonyl (C=O) groups excluding carboxylic acids is 4. The second kappa shape index (κ2) is 14.4. The van der Waals surface area contributed by atoms with Crippen LogP contribution < -0.4 is 5.32 Å². The Morgan fingerprint density at radius 3 is 2.19 bits per heavy atom. The minimum Gasteiger partial charge on any atom is -0.460 e. The van der Waals surface area contributed by atoms with Crippen LogP contribution in [0, 0.1) is 0 Å². The van der Waals surface area contributed by atoms with E-state index in [1.807, 2.05) is 30.3 Å². The second-order valence-electron chi connectivity index (χ2n) is 12.0. The van der Waals surface area contributed by atoms with Gasteiger partial charge in [0.05, 0.1) is 18.9 Å². The summed E-state index contributed by atoms with van der Waals surface area (Å²) in [4.78, 5) is 64.2. The summed E-state index contributed by atoms with van der Waals surface area (Å²) in [7, 11) is 0. The molecule has 1 unspecified atom stereocenters. The third-order valence-corrected chi connectivity index (χ3v) is 6.86. The van der Waals surface area contributed by atoms with Crippen molar-refractivity contribution in [2.24, 2.45) is 0 Å². The normalized spacial score (nSPS) is 14.6. The fourth-order valence-electron chi connectivity index (χ4n) is 4.40. The first-order valence-electron chi connectivity index (χ1n) is 14.5. The molecule has 12 nitrogen and oxygen atoms in total. The predicted molar refractivity (Wildman–Crippen MR) is 159 cm³/mol. The standard InChI is InChI=1S/C31H43N5O7/c1-7-42-29(41)36-17-15-35(16-18-36)28(40)22(13-14-25(38)43-30(2,3)4)33-27(39)23-19-24(31(5,6)20-37)34-26(32-23)21-11-9-8-10-12-21/h8-12,19,22,37H,7,13-18,20H2,1-6H3,(H,33,39). The summed E-state index contributed by atoms with van der Waals surface area (Å²) in [6.07, 6.45) is -0.536. The lowest BCUT2D eigenvalue weighted by molar-refractivity contribution is -0.155. The van der Waals surface area contributed by atoms with E-state index in [1.54, 1.807) is 46.4 Å². The van der Waals surface area contributed by atoms with Gasteiger partial charge in [0.25, 0.3) is 5.91 Å². The molecule has 1 atom stereocenters.